The number of hydrogen-bond acceptors (Lipinski definition) is 1. The second-order valence-corrected chi connectivity index (χ2v) is 8.56. The molecule has 2 N–H and O–H groups in total. The quantitative estimate of drug-likeness (QED) is 0.332. The Labute approximate surface area is 142 Å². The molecule has 1 aromatic carbocycles. The molecule has 2 aliphatic rings. The fourth-order valence-corrected chi connectivity index (χ4v) is 5.49. The highest BCUT2D eigenvalue weighted by Gasteiger charge is 2.35. The number of benzene rings is 1. The topological polar surface area (TPSA) is 26.0 Å². The molecule has 0 aromatic heterocycles. The van der Waals surface area contributed by atoms with Gasteiger partial charge in [-0.3, -0.25) is 0 Å². The molecular formula is C16H19I2N. The first-order valence-corrected chi connectivity index (χ1v) is 9.09. The Morgan fingerprint density at radius 1 is 1.26 bits per heavy atom. The van der Waals surface area contributed by atoms with Crippen LogP contribution < -0.4 is 5.73 Å². The highest BCUT2D eigenvalue weighted by molar-refractivity contribution is 14.1. The van der Waals surface area contributed by atoms with Crippen LogP contribution in [-0.4, -0.2) is 0 Å². The van der Waals surface area contributed by atoms with Crippen molar-refractivity contribution in [3.8, 4) is 0 Å². The number of halogens is 2. The van der Waals surface area contributed by atoms with Crippen molar-refractivity contribution in [3.05, 3.63) is 36.5 Å². The van der Waals surface area contributed by atoms with Gasteiger partial charge in [0.25, 0.3) is 0 Å². The van der Waals surface area contributed by atoms with Crippen LogP contribution >= 0.6 is 45.2 Å². The van der Waals surface area contributed by atoms with Gasteiger partial charge in [0.05, 0.1) is 5.69 Å². The van der Waals surface area contributed by atoms with Crippen molar-refractivity contribution in [2.45, 2.75) is 44.4 Å². The highest BCUT2D eigenvalue weighted by Crippen LogP contribution is 2.46. The maximum atomic E-state index is 6.08. The third-order valence-corrected chi connectivity index (χ3v) is 6.42. The highest BCUT2D eigenvalue weighted by atomic mass is 127. The minimum Gasteiger partial charge on any atom is -0.397 e. The molecule has 0 radical (unpaired) electrons. The lowest BCUT2D eigenvalue weighted by Gasteiger charge is -2.40. The van der Waals surface area contributed by atoms with Crippen LogP contribution in [-0.2, 0) is 5.41 Å². The van der Waals surface area contributed by atoms with E-state index in [-0.39, 0.29) is 5.41 Å². The molecule has 3 rings (SSSR count). The van der Waals surface area contributed by atoms with Gasteiger partial charge in [-0.1, -0.05) is 18.6 Å². The molecule has 2 unspecified atom stereocenters. The first-order chi connectivity index (χ1) is 8.98. The summed E-state index contributed by atoms with van der Waals surface area (Å²) in [7, 11) is 0. The van der Waals surface area contributed by atoms with E-state index in [2.05, 4.69) is 70.3 Å². The molecular weight excluding hydrogens is 460 g/mol. The smallest absolute Gasteiger partial charge is 0.0585 e. The second kappa shape index (κ2) is 5.20. The molecule has 1 aromatic rings. The van der Waals surface area contributed by atoms with Gasteiger partial charge in [-0.15, -0.1) is 0 Å². The fraction of sp³-hybridized carbons (Fsp3) is 0.500. The molecule has 0 spiro atoms. The molecule has 1 saturated carbocycles. The van der Waals surface area contributed by atoms with Crippen LogP contribution in [0, 0.1) is 13.1 Å². The van der Waals surface area contributed by atoms with Crippen LogP contribution in [0.1, 0.15) is 44.6 Å². The molecule has 1 nitrogen and oxygen atoms in total. The lowest BCUT2D eigenvalue weighted by molar-refractivity contribution is 0.305. The Kier molecular flexibility index (Phi) is 3.88. The van der Waals surface area contributed by atoms with Gasteiger partial charge < -0.3 is 5.73 Å². The number of rotatable bonds is 1. The average Bonchev–Trinajstić information content (AvgIpc) is 2.34. The van der Waals surface area contributed by atoms with Crippen molar-refractivity contribution >= 4 is 50.9 Å². The Bertz CT molecular complexity index is 527. The van der Waals surface area contributed by atoms with Gasteiger partial charge in [-0.05, 0) is 101 Å². The summed E-state index contributed by atoms with van der Waals surface area (Å²) in [5.41, 5.74) is 10.4. The lowest BCUT2D eigenvalue weighted by Crippen LogP contribution is -2.30. The van der Waals surface area contributed by atoms with E-state index in [1.807, 2.05) is 0 Å². The van der Waals surface area contributed by atoms with Crippen molar-refractivity contribution in [1.29, 1.82) is 0 Å². The van der Waals surface area contributed by atoms with Crippen LogP contribution in [0.15, 0.2) is 23.8 Å². The standard InChI is InChI=1S/C16H19I2N/c1-16(8-10-3-2-4-11(5-10)9-16)12-6-13(17)15(19)14(18)7-12/h6-8,11H,2-5,9,19H2,1H3. The predicted octanol–water partition coefficient (Wildman–Crippen LogP) is 5.26. The molecule has 0 amide bonds. The number of nitrogen functional groups attached to an aromatic ring is 1. The number of hydrogen-bond donors (Lipinski definition) is 1. The zero-order chi connectivity index (χ0) is 13.6. The maximum absolute atomic E-state index is 6.08. The van der Waals surface area contributed by atoms with Gasteiger partial charge in [0.2, 0.25) is 0 Å². The number of fused-ring (bicyclic) bond motifs is 2. The summed E-state index contributed by atoms with van der Waals surface area (Å²) < 4.78 is 2.38. The van der Waals surface area contributed by atoms with Crippen LogP contribution in [0.3, 0.4) is 0 Å². The van der Waals surface area contributed by atoms with Gasteiger partial charge in [-0.25, -0.2) is 0 Å². The van der Waals surface area contributed by atoms with E-state index in [4.69, 9.17) is 5.73 Å². The van der Waals surface area contributed by atoms with Crippen LogP contribution in [0.5, 0.6) is 0 Å². The largest absolute Gasteiger partial charge is 0.397 e. The minimum absolute atomic E-state index is 0.214. The lowest BCUT2D eigenvalue weighted by atomic mass is 9.65. The third kappa shape index (κ3) is 2.69. The SMILES string of the molecule is CC1(c2cc(I)c(N)c(I)c2)C=C2CCCC(C2)C1. The summed E-state index contributed by atoms with van der Waals surface area (Å²) in [5, 5.41) is 0. The van der Waals surface area contributed by atoms with Gasteiger partial charge in [0, 0.05) is 12.6 Å². The van der Waals surface area contributed by atoms with Gasteiger partial charge in [0.1, 0.15) is 0 Å². The van der Waals surface area contributed by atoms with Crippen molar-refractivity contribution in [1.82, 2.24) is 0 Å². The molecule has 0 aliphatic heterocycles. The van der Waals surface area contributed by atoms with E-state index < -0.39 is 0 Å². The van der Waals surface area contributed by atoms with Crippen molar-refractivity contribution in [3.63, 3.8) is 0 Å². The average molecular weight is 479 g/mol. The molecule has 1 fully saturated rings. The van der Waals surface area contributed by atoms with Gasteiger partial charge >= 0.3 is 0 Å². The monoisotopic (exact) mass is 479 g/mol. The van der Waals surface area contributed by atoms with E-state index in [1.165, 1.54) is 44.8 Å². The molecule has 2 atom stereocenters. The summed E-state index contributed by atoms with van der Waals surface area (Å²) in [6.45, 7) is 2.40. The van der Waals surface area contributed by atoms with Gasteiger partial charge in [-0.2, -0.15) is 0 Å². The molecule has 0 heterocycles. The zero-order valence-electron chi connectivity index (χ0n) is 11.2. The zero-order valence-corrected chi connectivity index (χ0v) is 15.5. The number of anilines is 1. The van der Waals surface area contributed by atoms with Crippen LogP contribution in [0.2, 0.25) is 0 Å². The predicted molar refractivity (Wildman–Crippen MR) is 98.3 cm³/mol. The van der Waals surface area contributed by atoms with Crippen molar-refractivity contribution in [2.75, 3.05) is 5.73 Å². The summed E-state index contributed by atoms with van der Waals surface area (Å²) in [6.07, 6.45) is 9.32. The Hall–Kier alpha value is 0.220. The Balaban J connectivity index is 2.05. The summed E-state index contributed by atoms with van der Waals surface area (Å²) in [5.74, 6) is 0.895. The number of nitrogens with two attached hydrogens (primary N) is 1. The minimum atomic E-state index is 0.214. The van der Waals surface area contributed by atoms with E-state index in [9.17, 15) is 0 Å². The van der Waals surface area contributed by atoms with Crippen LogP contribution in [0.25, 0.3) is 0 Å². The molecule has 102 valence electrons. The molecule has 19 heavy (non-hydrogen) atoms. The second-order valence-electron chi connectivity index (χ2n) is 6.24. The van der Waals surface area contributed by atoms with Crippen molar-refractivity contribution < 1.29 is 0 Å². The molecule has 2 aliphatic carbocycles. The maximum Gasteiger partial charge on any atom is 0.0585 e. The van der Waals surface area contributed by atoms with E-state index in [0.29, 0.717) is 0 Å². The van der Waals surface area contributed by atoms with Gasteiger partial charge in [0.15, 0.2) is 0 Å². The van der Waals surface area contributed by atoms with E-state index in [1.54, 1.807) is 5.57 Å². The first kappa shape index (κ1) is 14.2. The van der Waals surface area contributed by atoms with Crippen LogP contribution in [0.4, 0.5) is 5.69 Å². The van der Waals surface area contributed by atoms with Crippen molar-refractivity contribution in [2.24, 2.45) is 5.92 Å². The Morgan fingerprint density at radius 3 is 2.58 bits per heavy atom. The fourth-order valence-electron chi connectivity index (χ4n) is 3.72. The molecule has 0 saturated heterocycles. The summed E-state index contributed by atoms with van der Waals surface area (Å²) in [6, 6.07) is 4.58. The summed E-state index contributed by atoms with van der Waals surface area (Å²) in [4.78, 5) is 0. The van der Waals surface area contributed by atoms with E-state index in [0.717, 1.165) is 11.6 Å². The first-order valence-electron chi connectivity index (χ1n) is 6.93. The Morgan fingerprint density at radius 2 is 1.95 bits per heavy atom. The normalized spacial score (nSPS) is 30.1. The third-order valence-electron chi connectivity index (χ3n) is 4.64. The molecule has 2 bridgehead atoms. The van der Waals surface area contributed by atoms with E-state index >= 15 is 0 Å². The number of allylic oxidation sites excluding steroid dienone is 2. The molecule has 3 heteroatoms. The summed E-state index contributed by atoms with van der Waals surface area (Å²) >= 11 is 4.72.